The number of fused-ring (bicyclic) bond motifs is 1. The van der Waals surface area contributed by atoms with Crippen LogP contribution in [0.4, 0.5) is 4.39 Å². The number of nitrogens with zero attached hydrogens (tertiary/aromatic N) is 1. The predicted molar refractivity (Wildman–Crippen MR) is 120 cm³/mol. The Morgan fingerprint density at radius 2 is 1.91 bits per heavy atom. The van der Waals surface area contributed by atoms with Crippen LogP contribution in [0.1, 0.15) is 13.3 Å². The summed E-state index contributed by atoms with van der Waals surface area (Å²) in [5.41, 5.74) is 0.591. The summed E-state index contributed by atoms with van der Waals surface area (Å²) in [6.45, 7) is 0.322. The van der Waals surface area contributed by atoms with Crippen molar-refractivity contribution in [3.8, 4) is 16.9 Å². The van der Waals surface area contributed by atoms with E-state index < -0.39 is 32.8 Å². The molecule has 7 nitrogen and oxygen atoms in total. The van der Waals surface area contributed by atoms with E-state index in [1.165, 1.54) is 30.9 Å². The van der Waals surface area contributed by atoms with Crippen molar-refractivity contribution in [2.45, 2.75) is 24.6 Å². The first-order chi connectivity index (χ1) is 15.0. The van der Waals surface area contributed by atoms with E-state index in [0.29, 0.717) is 27.6 Å². The van der Waals surface area contributed by atoms with Gasteiger partial charge in [0, 0.05) is 36.0 Å². The molecule has 0 aliphatic heterocycles. The molecular weight excluding hydrogens is 437 g/mol. The number of aryl methyl sites for hydroxylation is 1. The number of aliphatic hydroxyl groups is 1. The summed E-state index contributed by atoms with van der Waals surface area (Å²) in [6.07, 6.45) is 2.28. The van der Waals surface area contributed by atoms with Crippen LogP contribution in [0.15, 0.2) is 53.5 Å². The highest BCUT2D eigenvalue weighted by atomic mass is 32.2. The monoisotopic (exact) mass is 461 g/mol. The van der Waals surface area contributed by atoms with Crippen LogP contribution >= 0.6 is 0 Å². The third-order valence-corrected chi connectivity index (χ3v) is 7.91. The number of carbonyl (C=O) groups is 1. The van der Waals surface area contributed by atoms with Crippen molar-refractivity contribution in [3.63, 3.8) is 0 Å². The van der Waals surface area contributed by atoms with Crippen molar-refractivity contribution in [3.05, 3.63) is 64.8 Å². The smallest absolute Gasteiger partial charge is 0.258 e. The van der Waals surface area contributed by atoms with E-state index in [1.54, 1.807) is 36.4 Å². The first-order valence-corrected chi connectivity index (χ1v) is 11.7. The number of pyridine rings is 1. The normalized spacial score (nSPS) is 13.7. The summed E-state index contributed by atoms with van der Waals surface area (Å²) >= 11 is 0. The number of rotatable bonds is 8. The van der Waals surface area contributed by atoms with Gasteiger partial charge in [0.25, 0.3) is 5.56 Å². The number of benzene rings is 2. The minimum atomic E-state index is -3.82. The molecule has 3 aromatic rings. The molecule has 1 aromatic heterocycles. The third kappa shape index (κ3) is 4.31. The van der Waals surface area contributed by atoms with Gasteiger partial charge in [0.05, 0.1) is 7.11 Å². The molecule has 1 atom stereocenters. The molecule has 0 bridgehead atoms. The zero-order chi connectivity index (χ0) is 23.7. The van der Waals surface area contributed by atoms with E-state index in [0.717, 1.165) is 6.26 Å². The Labute approximate surface area is 185 Å². The molecule has 9 heteroatoms. The highest BCUT2D eigenvalue weighted by Crippen LogP contribution is 2.28. The number of aliphatic hydroxyl groups excluding tert-OH is 1. The lowest BCUT2D eigenvalue weighted by molar-refractivity contribution is -0.124. The Balaban J connectivity index is 1.95. The number of hydrogen-bond donors (Lipinski definition) is 1. The van der Waals surface area contributed by atoms with E-state index in [-0.39, 0.29) is 18.5 Å². The van der Waals surface area contributed by atoms with Crippen LogP contribution in [-0.4, -0.2) is 48.6 Å². The molecule has 2 aromatic carbocycles. The Hall–Kier alpha value is -3.04. The molecule has 0 saturated carbocycles. The Kier molecular flexibility index (Phi) is 6.52. The molecule has 0 unspecified atom stereocenters. The zero-order valence-electron chi connectivity index (χ0n) is 18.0. The first-order valence-electron chi connectivity index (χ1n) is 9.82. The Morgan fingerprint density at radius 3 is 2.50 bits per heavy atom. The minimum absolute atomic E-state index is 0.0288. The second kappa shape index (κ2) is 8.84. The number of methoxy groups -OCH3 is 1. The van der Waals surface area contributed by atoms with E-state index in [2.05, 4.69) is 0 Å². The highest BCUT2D eigenvalue weighted by Gasteiger charge is 2.42. The largest absolute Gasteiger partial charge is 0.497 e. The molecule has 0 aliphatic carbocycles. The maximum absolute atomic E-state index is 14.4. The zero-order valence-corrected chi connectivity index (χ0v) is 18.8. The van der Waals surface area contributed by atoms with Crippen LogP contribution in [0, 0.1) is 5.82 Å². The van der Waals surface area contributed by atoms with Gasteiger partial charge in [-0.1, -0.05) is 6.07 Å². The van der Waals surface area contributed by atoms with Crippen molar-refractivity contribution in [1.29, 1.82) is 0 Å². The molecule has 1 heterocycles. The Bertz CT molecular complexity index is 1350. The van der Waals surface area contributed by atoms with Gasteiger partial charge in [-0.3, -0.25) is 9.59 Å². The number of ketones is 1. The van der Waals surface area contributed by atoms with E-state index in [4.69, 9.17) is 4.74 Å². The van der Waals surface area contributed by atoms with Crippen LogP contribution in [0.5, 0.6) is 5.75 Å². The van der Waals surface area contributed by atoms with Gasteiger partial charge in [-0.15, -0.1) is 0 Å². The quantitative estimate of drug-likeness (QED) is 0.553. The number of carbonyl (C=O) groups excluding carboxylic acids is 1. The van der Waals surface area contributed by atoms with Crippen LogP contribution in [-0.2, 0) is 21.2 Å². The molecule has 3 rings (SSSR count). The average Bonchev–Trinajstić information content (AvgIpc) is 2.76. The van der Waals surface area contributed by atoms with Crippen LogP contribution < -0.4 is 10.3 Å². The van der Waals surface area contributed by atoms with E-state index in [1.807, 2.05) is 0 Å². The fourth-order valence-corrected chi connectivity index (χ4v) is 4.46. The van der Waals surface area contributed by atoms with Gasteiger partial charge in [0.2, 0.25) is 0 Å². The second-order valence-corrected chi connectivity index (χ2v) is 10.2. The maximum Gasteiger partial charge on any atom is 0.258 e. The lowest BCUT2D eigenvalue weighted by atomic mass is 10.0. The molecule has 0 aliphatic rings. The summed E-state index contributed by atoms with van der Waals surface area (Å²) in [5.74, 6) is -0.874. The predicted octanol–water partition coefficient (Wildman–Crippen LogP) is 2.57. The standard InChI is InChI=1S/C23H24FNO6S/c1-23(21(27)14-26,32(3,29)30)9-11-25-10-8-16-12-15(4-6-19(16)22(25)28)18-7-5-17(31-2)13-20(18)24/h4-8,10,12-13,26H,9,11,14H2,1-3H3/t23-/m1/s1. The number of Topliss-reactive ketones (excluding diaryl/α,β-unsaturated/α-hetero) is 1. The van der Waals surface area contributed by atoms with Crippen LogP contribution in [0.2, 0.25) is 0 Å². The van der Waals surface area contributed by atoms with Gasteiger partial charge in [-0.2, -0.15) is 0 Å². The van der Waals surface area contributed by atoms with Crippen LogP contribution in [0.3, 0.4) is 0 Å². The first kappa shape index (κ1) is 23.6. The lowest BCUT2D eigenvalue weighted by Crippen LogP contribution is -2.46. The summed E-state index contributed by atoms with van der Waals surface area (Å²) in [5, 5.41) is 10.1. The van der Waals surface area contributed by atoms with Gasteiger partial charge in [-0.25, -0.2) is 12.8 Å². The molecule has 0 amide bonds. The van der Waals surface area contributed by atoms with Gasteiger partial charge in [0.1, 0.15) is 22.9 Å². The van der Waals surface area contributed by atoms with Crippen molar-refractivity contribution in [1.82, 2.24) is 4.57 Å². The van der Waals surface area contributed by atoms with Gasteiger partial charge in [-0.05, 0) is 54.6 Å². The molecule has 0 spiro atoms. The van der Waals surface area contributed by atoms with Gasteiger partial charge < -0.3 is 14.4 Å². The van der Waals surface area contributed by atoms with Crippen molar-refractivity contribution in [2.75, 3.05) is 20.0 Å². The number of ether oxygens (including phenoxy) is 1. The molecule has 0 radical (unpaired) electrons. The summed E-state index contributed by atoms with van der Waals surface area (Å²) < 4.78 is 43.3. The van der Waals surface area contributed by atoms with Crippen molar-refractivity contribution < 1.29 is 27.4 Å². The topological polar surface area (TPSA) is 103 Å². The fourth-order valence-electron chi connectivity index (χ4n) is 3.52. The molecule has 0 fully saturated rings. The van der Waals surface area contributed by atoms with E-state index in [9.17, 15) is 27.5 Å². The molecule has 32 heavy (non-hydrogen) atoms. The Morgan fingerprint density at radius 1 is 1.19 bits per heavy atom. The summed E-state index contributed by atoms with van der Waals surface area (Å²) in [6, 6.07) is 11.1. The molecule has 170 valence electrons. The third-order valence-electron chi connectivity index (χ3n) is 5.85. The number of hydrogen-bond acceptors (Lipinski definition) is 6. The van der Waals surface area contributed by atoms with Crippen LogP contribution in [0.25, 0.3) is 21.9 Å². The summed E-state index contributed by atoms with van der Waals surface area (Å²) in [7, 11) is -2.36. The lowest BCUT2D eigenvalue weighted by Gasteiger charge is -2.25. The van der Waals surface area contributed by atoms with Crippen molar-refractivity contribution in [2.24, 2.45) is 0 Å². The average molecular weight is 462 g/mol. The second-order valence-electron chi connectivity index (χ2n) is 7.80. The SMILES string of the molecule is COc1ccc(-c2ccc3c(=O)n(CC[C@](C)(C(=O)CO)S(C)(=O)=O)ccc3c2)c(F)c1. The van der Waals surface area contributed by atoms with Gasteiger partial charge in [0.15, 0.2) is 15.6 Å². The van der Waals surface area contributed by atoms with Crippen molar-refractivity contribution >= 4 is 26.4 Å². The summed E-state index contributed by atoms with van der Waals surface area (Å²) in [4.78, 5) is 25.0. The molecular formula is C23H24FNO6S. The number of sulfone groups is 1. The minimum Gasteiger partial charge on any atom is -0.497 e. The van der Waals surface area contributed by atoms with E-state index >= 15 is 0 Å². The molecule has 1 N–H and O–H groups in total. The number of aromatic nitrogens is 1. The molecule has 0 saturated heterocycles. The van der Waals surface area contributed by atoms with Gasteiger partial charge >= 0.3 is 0 Å². The fraction of sp³-hybridized carbons (Fsp3) is 0.304. The highest BCUT2D eigenvalue weighted by molar-refractivity contribution is 7.92. The number of halogens is 1. The maximum atomic E-state index is 14.4.